The first-order chi connectivity index (χ1) is 10.7. The molecule has 2 N–H and O–H groups in total. The Labute approximate surface area is 138 Å². The van der Waals surface area contributed by atoms with E-state index in [9.17, 15) is 4.79 Å². The second-order valence-electron chi connectivity index (χ2n) is 7.35. The average molecular weight is 320 g/mol. The minimum Gasteiger partial charge on any atom is -0.497 e. The molecule has 128 valence electrons. The predicted molar refractivity (Wildman–Crippen MR) is 90.7 cm³/mol. The van der Waals surface area contributed by atoms with Crippen molar-refractivity contribution in [3.63, 3.8) is 0 Å². The number of amides is 1. The van der Waals surface area contributed by atoms with Crippen molar-refractivity contribution in [2.75, 3.05) is 20.2 Å². The third-order valence-electron chi connectivity index (χ3n) is 4.13. The largest absolute Gasteiger partial charge is 0.497 e. The van der Waals surface area contributed by atoms with Gasteiger partial charge in [0, 0.05) is 18.6 Å². The summed E-state index contributed by atoms with van der Waals surface area (Å²) in [6.07, 6.45) is 2.11. The Morgan fingerprint density at radius 1 is 1.22 bits per heavy atom. The Hall–Kier alpha value is -1.75. The summed E-state index contributed by atoms with van der Waals surface area (Å²) in [4.78, 5) is 13.9. The van der Waals surface area contributed by atoms with Crippen LogP contribution in [0.1, 0.15) is 39.2 Å². The second-order valence-corrected chi connectivity index (χ2v) is 7.35. The molecule has 23 heavy (non-hydrogen) atoms. The van der Waals surface area contributed by atoms with Crippen molar-refractivity contribution in [3.05, 3.63) is 29.8 Å². The molecule has 1 aromatic carbocycles. The number of likely N-dealkylation sites (tertiary alicyclic amines) is 1. The number of benzene rings is 1. The highest BCUT2D eigenvalue weighted by atomic mass is 16.6. The summed E-state index contributed by atoms with van der Waals surface area (Å²) >= 11 is 0. The van der Waals surface area contributed by atoms with Gasteiger partial charge in [-0.25, -0.2) is 4.79 Å². The van der Waals surface area contributed by atoms with Crippen LogP contribution in [-0.2, 0) is 11.2 Å². The molecule has 0 bridgehead atoms. The number of nitrogens with two attached hydrogens (primary N) is 1. The summed E-state index contributed by atoms with van der Waals surface area (Å²) in [5.74, 6) is 0.847. The summed E-state index contributed by atoms with van der Waals surface area (Å²) in [5.41, 5.74) is 7.00. The molecular weight excluding hydrogens is 292 g/mol. The van der Waals surface area contributed by atoms with E-state index in [2.05, 4.69) is 0 Å². The van der Waals surface area contributed by atoms with Gasteiger partial charge in [-0.05, 0) is 57.7 Å². The Morgan fingerprint density at radius 3 is 2.26 bits per heavy atom. The topological polar surface area (TPSA) is 64.8 Å². The van der Waals surface area contributed by atoms with E-state index >= 15 is 0 Å². The zero-order valence-electron chi connectivity index (χ0n) is 14.6. The van der Waals surface area contributed by atoms with Crippen LogP contribution in [0.5, 0.6) is 5.75 Å². The molecule has 0 saturated carbocycles. The van der Waals surface area contributed by atoms with Gasteiger partial charge in [-0.2, -0.15) is 0 Å². The van der Waals surface area contributed by atoms with Gasteiger partial charge < -0.3 is 20.1 Å². The van der Waals surface area contributed by atoms with Crippen LogP contribution >= 0.6 is 0 Å². The summed E-state index contributed by atoms with van der Waals surface area (Å²) in [6.45, 7) is 6.92. The molecular formula is C18H28N2O3. The fourth-order valence-electron chi connectivity index (χ4n) is 2.79. The fourth-order valence-corrected chi connectivity index (χ4v) is 2.79. The van der Waals surface area contributed by atoms with Crippen LogP contribution in [0.2, 0.25) is 0 Å². The minimum atomic E-state index is -0.461. The fraction of sp³-hybridized carbons (Fsp3) is 0.611. The molecule has 0 spiro atoms. The highest BCUT2D eigenvalue weighted by molar-refractivity contribution is 5.68. The van der Waals surface area contributed by atoms with E-state index in [1.165, 1.54) is 5.56 Å². The SMILES string of the molecule is COc1ccc(CC2(N)CCN(C(=O)OC(C)(C)C)CC2)cc1. The lowest BCUT2D eigenvalue weighted by molar-refractivity contribution is 0.0169. The third kappa shape index (κ3) is 5.13. The quantitative estimate of drug-likeness (QED) is 0.930. The van der Waals surface area contributed by atoms with Crippen LogP contribution in [0.25, 0.3) is 0 Å². The zero-order valence-corrected chi connectivity index (χ0v) is 14.6. The molecule has 0 aliphatic carbocycles. The van der Waals surface area contributed by atoms with E-state index in [1.807, 2.05) is 45.0 Å². The van der Waals surface area contributed by atoms with Gasteiger partial charge in [0.05, 0.1) is 7.11 Å². The molecule has 1 heterocycles. The van der Waals surface area contributed by atoms with Crippen LogP contribution in [0.3, 0.4) is 0 Å². The van der Waals surface area contributed by atoms with Crippen LogP contribution in [0.15, 0.2) is 24.3 Å². The number of methoxy groups -OCH3 is 1. The highest BCUT2D eigenvalue weighted by Gasteiger charge is 2.34. The lowest BCUT2D eigenvalue weighted by Gasteiger charge is -2.39. The number of rotatable bonds is 3. The molecule has 5 nitrogen and oxygen atoms in total. The molecule has 0 aromatic heterocycles. The maximum Gasteiger partial charge on any atom is 0.410 e. The smallest absolute Gasteiger partial charge is 0.410 e. The van der Waals surface area contributed by atoms with E-state index in [0.717, 1.165) is 25.0 Å². The maximum absolute atomic E-state index is 12.1. The van der Waals surface area contributed by atoms with Crippen LogP contribution in [0.4, 0.5) is 4.79 Å². The zero-order chi connectivity index (χ0) is 17.1. The molecule has 2 rings (SSSR count). The number of hydrogen-bond acceptors (Lipinski definition) is 4. The molecule has 0 atom stereocenters. The molecule has 1 amide bonds. The van der Waals surface area contributed by atoms with Gasteiger partial charge in [0.25, 0.3) is 0 Å². The number of nitrogens with zero attached hydrogens (tertiary/aromatic N) is 1. The van der Waals surface area contributed by atoms with Gasteiger partial charge in [-0.1, -0.05) is 12.1 Å². The molecule has 1 aromatic rings. The van der Waals surface area contributed by atoms with Crippen molar-refractivity contribution in [1.29, 1.82) is 0 Å². The standard InChI is InChI=1S/C18H28N2O3/c1-17(2,3)23-16(21)20-11-9-18(19,10-12-20)13-14-5-7-15(22-4)8-6-14/h5-8H,9-13,19H2,1-4H3. The van der Waals surface area contributed by atoms with Crippen LogP contribution < -0.4 is 10.5 Å². The molecule has 1 saturated heterocycles. The van der Waals surface area contributed by atoms with Gasteiger partial charge >= 0.3 is 6.09 Å². The summed E-state index contributed by atoms with van der Waals surface area (Å²) in [7, 11) is 1.66. The first-order valence-electron chi connectivity index (χ1n) is 8.11. The van der Waals surface area contributed by atoms with E-state index in [-0.39, 0.29) is 11.6 Å². The first-order valence-corrected chi connectivity index (χ1v) is 8.11. The normalized spacial score (nSPS) is 17.7. The predicted octanol–water partition coefficient (Wildman–Crippen LogP) is 2.97. The monoisotopic (exact) mass is 320 g/mol. The minimum absolute atomic E-state index is 0.246. The van der Waals surface area contributed by atoms with E-state index in [4.69, 9.17) is 15.2 Å². The number of piperidine rings is 1. The third-order valence-corrected chi connectivity index (χ3v) is 4.13. The summed E-state index contributed by atoms with van der Waals surface area (Å²) < 4.78 is 10.6. The van der Waals surface area contributed by atoms with Gasteiger partial charge in [-0.3, -0.25) is 0 Å². The van der Waals surface area contributed by atoms with Crippen molar-refractivity contribution >= 4 is 6.09 Å². The van der Waals surface area contributed by atoms with Gasteiger partial charge in [0.15, 0.2) is 0 Å². The highest BCUT2D eigenvalue weighted by Crippen LogP contribution is 2.26. The molecule has 0 unspecified atom stereocenters. The number of ether oxygens (including phenoxy) is 2. The second kappa shape index (κ2) is 6.79. The van der Waals surface area contributed by atoms with Gasteiger partial charge in [-0.15, -0.1) is 0 Å². The number of hydrogen-bond donors (Lipinski definition) is 1. The first kappa shape index (κ1) is 17.6. The van der Waals surface area contributed by atoms with Crippen molar-refractivity contribution < 1.29 is 14.3 Å². The molecule has 5 heteroatoms. The Bertz CT molecular complexity index is 526. The Balaban J connectivity index is 1.90. The summed E-state index contributed by atoms with van der Waals surface area (Å²) in [5, 5.41) is 0. The van der Waals surface area contributed by atoms with Crippen molar-refractivity contribution in [2.45, 2.75) is 51.2 Å². The Morgan fingerprint density at radius 2 is 1.78 bits per heavy atom. The number of carbonyl (C=O) groups is 1. The lowest BCUT2D eigenvalue weighted by Crippen LogP contribution is -2.53. The van der Waals surface area contributed by atoms with E-state index < -0.39 is 5.60 Å². The van der Waals surface area contributed by atoms with Crippen molar-refractivity contribution in [3.8, 4) is 5.75 Å². The number of carbonyl (C=O) groups excluding carboxylic acids is 1. The Kier molecular flexibility index (Phi) is 5.19. The van der Waals surface area contributed by atoms with E-state index in [0.29, 0.717) is 13.1 Å². The van der Waals surface area contributed by atoms with E-state index in [1.54, 1.807) is 12.0 Å². The average Bonchev–Trinajstić information content (AvgIpc) is 2.46. The molecule has 1 fully saturated rings. The molecule has 1 aliphatic rings. The lowest BCUT2D eigenvalue weighted by atomic mass is 9.83. The van der Waals surface area contributed by atoms with Gasteiger partial charge in [0.2, 0.25) is 0 Å². The van der Waals surface area contributed by atoms with Gasteiger partial charge in [0.1, 0.15) is 11.4 Å². The molecule has 1 aliphatic heterocycles. The van der Waals surface area contributed by atoms with Crippen molar-refractivity contribution in [1.82, 2.24) is 4.90 Å². The maximum atomic E-state index is 12.1. The van der Waals surface area contributed by atoms with Crippen molar-refractivity contribution in [2.24, 2.45) is 5.73 Å². The van der Waals surface area contributed by atoms with Crippen LogP contribution in [-0.4, -0.2) is 42.3 Å². The van der Waals surface area contributed by atoms with Crippen LogP contribution in [0, 0.1) is 0 Å². The summed E-state index contributed by atoms with van der Waals surface area (Å²) in [6, 6.07) is 8.00. The molecule has 0 radical (unpaired) electrons.